The van der Waals surface area contributed by atoms with Crippen LogP contribution in [-0.2, 0) is 20.7 Å². The number of benzene rings is 1. The van der Waals surface area contributed by atoms with Crippen LogP contribution in [0.4, 0.5) is 0 Å². The number of ether oxygens (including phenoxy) is 3. The van der Waals surface area contributed by atoms with E-state index in [2.05, 4.69) is 5.32 Å². The summed E-state index contributed by atoms with van der Waals surface area (Å²) in [6.45, 7) is 2.06. The van der Waals surface area contributed by atoms with Crippen molar-refractivity contribution in [1.29, 1.82) is 0 Å². The molecular formula is C15H18ClNO6. The molecule has 126 valence electrons. The highest BCUT2D eigenvalue weighted by molar-refractivity contribution is 6.32. The SMILES string of the molecule is COCC(C)(NC(=O)Cc1cc(Cl)c2c(c1)OCCO2)C(=O)O. The summed E-state index contributed by atoms with van der Waals surface area (Å²) in [6.07, 6.45) is -0.0387. The van der Waals surface area contributed by atoms with Crippen molar-refractivity contribution in [2.45, 2.75) is 18.9 Å². The number of hydrogen-bond acceptors (Lipinski definition) is 5. The van der Waals surface area contributed by atoms with Crippen molar-refractivity contribution in [3.05, 3.63) is 22.7 Å². The Bertz CT molecular complexity index is 620. The minimum absolute atomic E-state index is 0.0387. The highest BCUT2D eigenvalue weighted by Gasteiger charge is 2.35. The van der Waals surface area contributed by atoms with Gasteiger partial charge in [-0.25, -0.2) is 4.79 Å². The van der Waals surface area contributed by atoms with E-state index in [-0.39, 0.29) is 13.0 Å². The van der Waals surface area contributed by atoms with Crippen molar-refractivity contribution in [3.8, 4) is 11.5 Å². The fourth-order valence-electron chi connectivity index (χ4n) is 2.24. The Kier molecular flexibility index (Phi) is 5.33. The van der Waals surface area contributed by atoms with E-state index in [4.69, 9.17) is 25.8 Å². The summed E-state index contributed by atoms with van der Waals surface area (Å²) in [5, 5.41) is 12.0. The van der Waals surface area contributed by atoms with Crippen molar-refractivity contribution >= 4 is 23.5 Å². The molecule has 1 amide bonds. The van der Waals surface area contributed by atoms with Gasteiger partial charge in [0.1, 0.15) is 13.2 Å². The van der Waals surface area contributed by atoms with E-state index >= 15 is 0 Å². The smallest absolute Gasteiger partial charge is 0.331 e. The standard InChI is InChI=1S/C15H18ClNO6/c1-15(8-21-2,14(19)20)17-12(18)7-9-5-10(16)13-11(6-9)22-3-4-23-13/h5-6H,3-4,7-8H2,1-2H3,(H,17,18)(H,19,20). The zero-order valence-corrected chi connectivity index (χ0v) is 13.6. The van der Waals surface area contributed by atoms with Gasteiger partial charge in [0.25, 0.3) is 0 Å². The van der Waals surface area contributed by atoms with Gasteiger partial charge in [0.15, 0.2) is 17.0 Å². The number of aliphatic carboxylic acids is 1. The van der Waals surface area contributed by atoms with Gasteiger partial charge in [-0.15, -0.1) is 0 Å². The van der Waals surface area contributed by atoms with E-state index in [0.29, 0.717) is 35.3 Å². The maximum absolute atomic E-state index is 12.1. The first-order valence-electron chi connectivity index (χ1n) is 6.97. The van der Waals surface area contributed by atoms with E-state index in [9.17, 15) is 14.7 Å². The number of rotatable bonds is 6. The van der Waals surface area contributed by atoms with Crippen LogP contribution in [-0.4, -0.2) is 49.5 Å². The molecule has 1 atom stereocenters. The molecule has 1 aromatic rings. The van der Waals surface area contributed by atoms with Gasteiger partial charge in [-0.1, -0.05) is 11.6 Å². The predicted molar refractivity (Wildman–Crippen MR) is 82.2 cm³/mol. The molecule has 1 aromatic carbocycles. The number of carbonyl (C=O) groups is 2. The maximum atomic E-state index is 12.1. The summed E-state index contributed by atoms with van der Waals surface area (Å²) < 4.78 is 15.7. The molecule has 0 bridgehead atoms. The van der Waals surface area contributed by atoms with Crippen LogP contribution in [0.3, 0.4) is 0 Å². The van der Waals surface area contributed by atoms with Crippen molar-refractivity contribution < 1.29 is 28.9 Å². The number of hydrogen-bond donors (Lipinski definition) is 2. The number of nitrogens with one attached hydrogen (secondary N) is 1. The van der Waals surface area contributed by atoms with Crippen LogP contribution < -0.4 is 14.8 Å². The van der Waals surface area contributed by atoms with Crippen LogP contribution in [0.5, 0.6) is 11.5 Å². The van der Waals surface area contributed by atoms with Crippen molar-refractivity contribution in [2.24, 2.45) is 0 Å². The number of halogens is 1. The lowest BCUT2D eigenvalue weighted by atomic mass is 10.0. The number of fused-ring (bicyclic) bond motifs is 1. The Morgan fingerprint density at radius 3 is 2.74 bits per heavy atom. The van der Waals surface area contributed by atoms with Crippen LogP contribution in [0.1, 0.15) is 12.5 Å². The normalized spacial score (nSPS) is 15.6. The molecule has 0 saturated carbocycles. The lowest BCUT2D eigenvalue weighted by molar-refractivity contribution is -0.149. The highest BCUT2D eigenvalue weighted by atomic mass is 35.5. The molecule has 2 N–H and O–H groups in total. The maximum Gasteiger partial charge on any atom is 0.331 e. The summed E-state index contributed by atoms with van der Waals surface area (Å²) >= 11 is 6.11. The molecule has 8 heteroatoms. The second-order valence-electron chi connectivity index (χ2n) is 5.40. The average Bonchev–Trinajstić information content (AvgIpc) is 2.47. The first-order valence-corrected chi connectivity index (χ1v) is 7.35. The van der Waals surface area contributed by atoms with E-state index < -0.39 is 17.4 Å². The van der Waals surface area contributed by atoms with Crippen LogP contribution >= 0.6 is 11.6 Å². The lowest BCUT2D eigenvalue weighted by Crippen LogP contribution is -2.55. The van der Waals surface area contributed by atoms with Gasteiger partial charge in [-0.2, -0.15) is 0 Å². The zero-order chi connectivity index (χ0) is 17.0. The number of methoxy groups -OCH3 is 1. The third kappa shape index (κ3) is 4.05. The molecule has 0 spiro atoms. The molecule has 1 heterocycles. The summed E-state index contributed by atoms with van der Waals surface area (Å²) in [5.41, 5.74) is -0.898. The van der Waals surface area contributed by atoms with Gasteiger partial charge < -0.3 is 24.6 Å². The lowest BCUT2D eigenvalue weighted by Gasteiger charge is -2.25. The molecule has 7 nitrogen and oxygen atoms in total. The highest BCUT2D eigenvalue weighted by Crippen LogP contribution is 2.38. The zero-order valence-electron chi connectivity index (χ0n) is 12.8. The number of carbonyl (C=O) groups excluding carboxylic acids is 1. The molecule has 0 aliphatic carbocycles. The van der Waals surface area contributed by atoms with Crippen LogP contribution in [0.15, 0.2) is 12.1 Å². The monoisotopic (exact) mass is 343 g/mol. The van der Waals surface area contributed by atoms with Gasteiger partial charge in [0, 0.05) is 7.11 Å². The van der Waals surface area contributed by atoms with Crippen LogP contribution in [0.25, 0.3) is 0 Å². The topological polar surface area (TPSA) is 94.1 Å². The largest absolute Gasteiger partial charge is 0.486 e. The van der Waals surface area contributed by atoms with E-state index in [1.165, 1.54) is 14.0 Å². The summed E-state index contributed by atoms with van der Waals surface area (Å²) in [5.74, 6) is -0.700. The third-order valence-corrected chi connectivity index (χ3v) is 3.62. The Balaban J connectivity index is 2.11. The Morgan fingerprint density at radius 2 is 2.09 bits per heavy atom. The fourth-order valence-corrected chi connectivity index (χ4v) is 2.53. The van der Waals surface area contributed by atoms with Crippen LogP contribution in [0, 0.1) is 0 Å². The van der Waals surface area contributed by atoms with E-state index in [0.717, 1.165) is 0 Å². The molecule has 1 aliphatic rings. The molecule has 1 unspecified atom stereocenters. The van der Waals surface area contributed by atoms with Gasteiger partial charge >= 0.3 is 5.97 Å². The van der Waals surface area contributed by atoms with E-state index in [1.54, 1.807) is 12.1 Å². The van der Waals surface area contributed by atoms with E-state index in [1.807, 2.05) is 0 Å². The fraction of sp³-hybridized carbons (Fsp3) is 0.467. The minimum Gasteiger partial charge on any atom is -0.486 e. The average molecular weight is 344 g/mol. The van der Waals surface area contributed by atoms with Gasteiger partial charge in [0.05, 0.1) is 18.1 Å². The molecule has 0 fully saturated rings. The molecule has 2 rings (SSSR count). The Morgan fingerprint density at radius 1 is 1.39 bits per heavy atom. The summed E-state index contributed by atoms with van der Waals surface area (Å²) in [4.78, 5) is 23.4. The van der Waals surface area contributed by atoms with Crippen molar-refractivity contribution in [3.63, 3.8) is 0 Å². The minimum atomic E-state index is -1.50. The third-order valence-electron chi connectivity index (χ3n) is 3.34. The molecule has 0 aromatic heterocycles. The Labute approximate surface area is 138 Å². The summed E-state index contributed by atoms with van der Waals surface area (Å²) in [7, 11) is 1.37. The van der Waals surface area contributed by atoms with Crippen molar-refractivity contribution in [1.82, 2.24) is 5.32 Å². The second kappa shape index (κ2) is 7.06. The van der Waals surface area contributed by atoms with Crippen molar-refractivity contribution in [2.75, 3.05) is 26.9 Å². The first kappa shape index (κ1) is 17.4. The van der Waals surface area contributed by atoms with Crippen LogP contribution in [0.2, 0.25) is 5.02 Å². The summed E-state index contributed by atoms with van der Waals surface area (Å²) in [6, 6.07) is 3.26. The van der Waals surface area contributed by atoms with Gasteiger partial charge in [0.2, 0.25) is 5.91 Å². The second-order valence-corrected chi connectivity index (χ2v) is 5.80. The number of amides is 1. The molecule has 0 radical (unpaired) electrons. The molecule has 0 saturated heterocycles. The number of carboxylic acids is 1. The van der Waals surface area contributed by atoms with Gasteiger partial charge in [-0.3, -0.25) is 4.79 Å². The first-order chi connectivity index (χ1) is 10.9. The molecule has 23 heavy (non-hydrogen) atoms. The quantitative estimate of drug-likeness (QED) is 0.807. The predicted octanol–water partition coefficient (Wildman–Crippen LogP) is 1.26. The molecule has 1 aliphatic heterocycles. The molecular weight excluding hydrogens is 326 g/mol. The number of carboxylic acid groups (broad SMARTS) is 1. The Hall–Kier alpha value is -1.99. The van der Waals surface area contributed by atoms with Gasteiger partial charge in [-0.05, 0) is 24.6 Å².